The summed E-state index contributed by atoms with van der Waals surface area (Å²) in [5.74, 6) is 0.919. The Balaban J connectivity index is 0. The number of carboxylic acids is 1. The molecule has 1 aliphatic heterocycles. The van der Waals surface area contributed by atoms with Gasteiger partial charge in [-0.05, 0) is 62.6 Å². The molecule has 0 aromatic heterocycles. The molecule has 1 aromatic rings. The summed E-state index contributed by atoms with van der Waals surface area (Å²) in [5.41, 5.74) is 1.10. The molecule has 1 atom stereocenters. The molecule has 0 fully saturated rings. The SMILES string of the molecule is CCCC(O)Cc1ccc2c(c1)OCO2.CCCCCCCC/C=C\CCCCCCCC(=O)O.[H-].[K+]. The van der Waals surface area contributed by atoms with Crippen LogP contribution in [0.3, 0.4) is 0 Å². The van der Waals surface area contributed by atoms with Crippen LogP contribution >= 0.6 is 0 Å². The summed E-state index contributed by atoms with van der Waals surface area (Å²) in [6, 6.07) is 5.82. The fraction of sp³-hybridized carbons (Fsp3) is 0.700. The van der Waals surface area contributed by atoms with Crippen LogP contribution in [0.4, 0.5) is 0 Å². The summed E-state index contributed by atoms with van der Waals surface area (Å²) in [6.45, 7) is 4.63. The zero-order chi connectivity index (χ0) is 25.6. The predicted octanol–water partition coefficient (Wildman–Crippen LogP) is 5.34. The molecule has 0 bridgehead atoms. The number of unbranched alkanes of at least 4 members (excludes halogenated alkanes) is 11. The van der Waals surface area contributed by atoms with Crippen LogP contribution in [0.15, 0.2) is 30.4 Å². The number of aliphatic hydroxyl groups is 1. The molecule has 0 amide bonds. The van der Waals surface area contributed by atoms with Gasteiger partial charge in [-0.15, -0.1) is 0 Å². The van der Waals surface area contributed by atoms with Crippen LogP contribution in [0, 0.1) is 0 Å². The molecule has 1 aliphatic rings. The van der Waals surface area contributed by atoms with Crippen molar-refractivity contribution in [2.75, 3.05) is 6.79 Å². The molecular formula is C30H51KO5. The van der Waals surface area contributed by atoms with E-state index in [1.54, 1.807) is 0 Å². The van der Waals surface area contributed by atoms with Crippen LogP contribution in [0.1, 0.15) is 124 Å². The minimum Gasteiger partial charge on any atom is -1.00 e. The number of hydrogen-bond donors (Lipinski definition) is 2. The van der Waals surface area contributed by atoms with E-state index in [0.717, 1.165) is 42.7 Å². The van der Waals surface area contributed by atoms with Gasteiger partial charge in [-0.2, -0.15) is 0 Å². The molecule has 2 N–H and O–H groups in total. The normalized spacial score (nSPS) is 12.6. The first-order chi connectivity index (χ1) is 17.1. The molecule has 0 radical (unpaired) electrons. The van der Waals surface area contributed by atoms with Gasteiger partial charge in [0.2, 0.25) is 6.79 Å². The number of aliphatic carboxylic acids is 1. The quantitative estimate of drug-likeness (QED) is 0.143. The minimum absolute atomic E-state index is 0. The fourth-order valence-electron chi connectivity index (χ4n) is 4.12. The van der Waals surface area contributed by atoms with Gasteiger partial charge in [-0.25, -0.2) is 0 Å². The van der Waals surface area contributed by atoms with Crippen LogP contribution in [0.25, 0.3) is 0 Å². The van der Waals surface area contributed by atoms with Crippen LogP contribution in [0.5, 0.6) is 11.5 Å². The molecule has 202 valence electrons. The van der Waals surface area contributed by atoms with E-state index in [9.17, 15) is 9.90 Å². The number of allylic oxidation sites excluding steroid dienone is 2. The first kappa shape index (κ1) is 35.6. The molecule has 1 heterocycles. The Morgan fingerprint density at radius 3 is 2.08 bits per heavy atom. The summed E-state index contributed by atoms with van der Waals surface area (Å²) in [5, 5.41) is 18.2. The average Bonchev–Trinajstić information content (AvgIpc) is 3.30. The summed E-state index contributed by atoms with van der Waals surface area (Å²) in [7, 11) is 0. The number of fused-ring (bicyclic) bond motifs is 1. The molecule has 5 nitrogen and oxygen atoms in total. The maximum Gasteiger partial charge on any atom is 1.00 e. The molecule has 0 saturated carbocycles. The van der Waals surface area contributed by atoms with Gasteiger partial charge in [-0.1, -0.05) is 89.9 Å². The van der Waals surface area contributed by atoms with E-state index in [-0.39, 0.29) is 58.9 Å². The molecule has 6 heteroatoms. The van der Waals surface area contributed by atoms with Crippen molar-refractivity contribution in [1.29, 1.82) is 0 Å². The monoisotopic (exact) mass is 530 g/mol. The second kappa shape index (κ2) is 24.9. The fourth-order valence-corrected chi connectivity index (χ4v) is 4.12. The van der Waals surface area contributed by atoms with Gasteiger partial charge in [0.25, 0.3) is 0 Å². The van der Waals surface area contributed by atoms with E-state index in [2.05, 4.69) is 26.0 Å². The Morgan fingerprint density at radius 1 is 0.889 bits per heavy atom. The number of rotatable bonds is 19. The van der Waals surface area contributed by atoms with E-state index in [4.69, 9.17) is 14.6 Å². The zero-order valence-corrected chi connectivity index (χ0v) is 26.4. The standard InChI is InChI=1S/C18H34O2.C12H16O3.K.H/c1-2-3-4-5-6-7-8-9-10-11-12-13-14-15-16-17-18(19)20;1-2-3-10(13)6-9-4-5-11-12(7-9)15-8-14-11;;/h9-10H,2-8,11-17H2,1H3,(H,19,20);4-5,7,10,13H,2-3,6,8H2,1H3;;/q;;+1;-1/b10-9-;;;. The summed E-state index contributed by atoms with van der Waals surface area (Å²) in [6.07, 6.45) is 23.5. The smallest absolute Gasteiger partial charge is 1.00 e. The van der Waals surface area contributed by atoms with E-state index >= 15 is 0 Å². The molecule has 0 spiro atoms. The van der Waals surface area contributed by atoms with Gasteiger partial charge in [0.05, 0.1) is 6.10 Å². The minimum atomic E-state index is -0.664. The Morgan fingerprint density at radius 2 is 1.47 bits per heavy atom. The average molecular weight is 531 g/mol. The third kappa shape index (κ3) is 19.7. The number of carboxylic acid groups (broad SMARTS) is 1. The largest absolute Gasteiger partial charge is 1.00 e. The van der Waals surface area contributed by atoms with Crippen LogP contribution in [-0.4, -0.2) is 29.1 Å². The Hall–Kier alpha value is -0.374. The van der Waals surface area contributed by atoms with Crippen molar-refractivity contribution in [3.8, 4) is 11.5 Å². The second-order valence-corrected chi connectivity index (χ2v) is 9.56. The summed E-state index contributed by atoms with van der Waals surface area (Å²) in [4.78, 5) is 10.3. The van der Waals surface area contributed by atoms with Crippen molar-refractivity contribution < 1.29 is 77.3 Å². The number of ether oxygens (including phenoxy) is 2. The molecular weight excluding hydrogens is 479 g/mol. The maximum atomic E-state index is 10.3. The summed E-state index contributed by atoms with van der Waals surface area (Å²) < 4.78 is 10.5. The molecule has 36 heavy (non-hydrogen) atoms. The van der Waals surface area contributed by atoms with Gasteiger partial charge in [0.1, 0.15) is 0 Å². The Bertz CT molecular complexity index is 699. The molecule has 2 rings (SSSR count). The van der Waals surface area contributed by atoms with Gasteiger partial charge in [0.15, 0.2) is 11.5 Å². The third-order valence-corrected chi connectivity index (χ3v) is 6.18. The van der Waals surface area contributed by atoms with Crippen molar-refractivity contribution in [2.45, 2.75) is 129 Å². The van der Waals surface area contributed by atoms with Crippen molar-refractivity contribution in [3.05, 3.63) is 35.9 Å². The second-order valence-electron chi connectivity index (χ2n) is 9.56. The van der Waals surface area contributed by atoms with Crippen molar-refractivity contribution in [2.24, 2.45) is 0 Å². The van der Waals surface area contributed by atoms with Gasteiger partial charge in [-0.3, -0.25) is 4.79 Å². The number of aliphatic hydroxyl groups excluding tert-OH is 1. The van der Waals surface area contributed by atoms with E-state index in [1.165, 1.54) is 70.6 Å². The topological polar surface area (TPSA) is 76.0 Å². The van der Waals surface area contributed by atoms with Crippen molar-refractivity contribution >= 4 is 5.97 Å². The molecule has 0 saturated heterocycles. The maximum absolute atomic E-state index is 10.3. The van der Waals surface area contributed by atoms with E-state index in [0.29, 0.717) is 19.6 Å². The summed E-state index contributed by atoms with van der Waals surface area (Å²) >= 11 is 0. The molecule has 1 unspecified atom stereocenters. The zero-order valence-electron chi connectivity index (χ0n) is 24.3. The van der Waals surface area contributed by atoms with Gasteiger partial charge in [0, 0.05) is 6.42 Å². The van der Waals surface area contributed by atoms with Gasteiger partial charge >= 0.3 is 57.4 Å². The number of hydrogen-bond acceptors (Lipinski definition) is 4. The van der Waals surface area contributed by atoms with Crippen molar-refractivity contribution in [1.82, 2.24) is 0 Å². The first-order valence-corrected chi connectivity index (χ1v) is 14.0. The van der Waals surface area contributed by atoms with Crippen LogP contribution < -0.4 is 60.9 Å². The first-order valence-electron chi connectivity index (χ1n) is 14.0. The van der Waals surface area contributed by atoms with E-state index in [1.807, 2.05) is 18.2 Å². The molecule has 1 aromatic carbocycles. The van der Waals surface area contributed by atoms with E-state index < -0.39 is 5.97 Å². The Labute approximate surface area is 264 Å². The Kier molecular flexibility index (Phi) is 24.7. The van der Waals surface area contributed by atoms with Crippen molar-refractivity contribution in [3.63, 3.8) is 0 Å². The predicted molar refractivity (Wildman–Crippen MR) is 145 cm³/mol. The van der Waals surface area contributed by atoms with Crippen LogP contribution in [0.2, 0.25) is 0 Å². The van der Waals surface area contributed by atoms with Gasteiger partial charge < -0.3 is 21.1 Å². The number of benzene rings is 1. The number of carbonyl (C=O) groups is 1. The molecule has 0 aliphatic carbocycles. The third-order valence-electron chi connectivity index (χ3n) is 6.18. The van der Waals surface area contributed by atoms with Crippen LogP contribution in [-0.2, 0) is 11.2 Å².